The average Bonchev–Trinajstić information content (AvgIpc) is 3.17. The molecule has 2 saturated heterocycles. The van der Waals surface area contributed by atoms with Crippen LogP contribution in [0, 0.1) is 29.6 Å². The van der Waals surface area contributed by atoms with E-state index in [9.17, 15) is 23.1 Å². The number of alkyl halides is 3. The van der Waals surface area contributed by atoms with Crippen LogP contribution in [-0.2, 0) is 6.18 Å². The number of halogens is 3. The largest absolute Gasteiger partial charge is 0.417 e. The summed E-state index contributed by atoms with van der Waals surface area (Å²) in [5.41, 5.74) is -0.135. The van der Waals surface area contributed by atoms with Crippen molar-refractivity contribution in [1.82, 2.24) is 9.88 Å². The fraction of sp³-hybridized carbons (Fsp3) is 0.435. The number of nitrogens with zero attached hydrogens (tertiary/aromatic N) is 4. The van der Waals surface area contributed by atoms with Gasteiger partial charge in [-0.2, -0.15) is 18.4 Å². The number of benzene rings is 1. The molecule has 32 heavy (non-hydrogen) atoms. The fourth-order valence-corrected chi connectivity index (χ4v) is 4.84. The lowest BCUT2D eigenvalue weighted by atomic mass is 9.73. The van der Waals surface area contributed by atoms with Gasteiger partial charge in [0.25, 0.3) is 5.91 Å². The summed E-state index contributed by atoms with van der Waals surface area (Å²) in [5, 5.41) is 19.2. The van der Waals surface area contributed by atoms with E-state index in [2.05, 4.69) is 4.98 Å². The molecule has 0 spiro atoms. The Labute approximate surface area is 183 Å². The van der Waals surface area contributed by atoms with E-state index in [0.717, 1.165) is 11.6 Å². The maximum atomic E-state index is 13.4. The molecule has 1 aromatic carbocycles. The topological polar surface area (TPSA) is 80.5 Å². The van der Waals surface area contributed by atoms with Crippen molar-refractivity contribution in [3.63, 3.8) is 0 Å². The van der Waals surface area contributed by atoms with Crippen molar-refractivity contribution in [2.24, 2.45) is 11.3 Å². The first-order chi connectivity index (χ1) is 15.2. The molecule has 0 radical (unpaired) electrons. The van der Waals surface area contributed by atoms with Crippen molar-refractivity contribution in [1.29, 1.82) is 5.26 Å². The third kappa shape index (κ3) is 3.91. The maximum absolute atomic E-state index is 13.4. The molecular formula is C23H23F3N4O2. The Morgan fingerprint density at radius 2 is 2.09 bits per heavy atom. The second kappa shape index (κ2) is 8.10. The van der Waals surface area contributed by atoms with Crippen molar-refractivity contribution >= 4 is 11.6 Å². The standard InChI is InChI=1S/C23H23F3N4O2/c1-15-6-17(10-28-9-15)21(32)29-5-4-22(14-31)13-30(12-18(22)11-29)19-3-2-16(8-27)20(7-19)23(24,25)26/h2-3,6-7,9-10,18,31H,4-5,11-14H2,1H3. The van der Waals surface area contributed by atoms with Crippen molar-refractivity contribution < 1.29 is 23.1 Å². The van der Waals surface area contributed by atoms with E-state index in [4.69, 9.17) is 5.26 Å². The third-order valence-electron chi connectivity index (χ3n) is 6.65. The fourth-order valence-electron chi connectivity index (χ4n) is 4.84. The van der Waals surface area contributed by atoms with E-state index in [-0.39, 0.29) is 18.4 Å². The van der Waals surface area contributed by atoms with Gasteiger partial charge in [0, 0.05) is 55.6 Å². The number of pyridine rings is 1. The number of hydrogen-bond acceptors (Lipinski definition) is 5. The van der Waals surface area contributed by atoms with Crippen LogP contribution in [0.25, 0.3) is 0 Å². The van der Waals surface area contributed by atoms with Crippen LogP contribution in [0.15, 0.2) is 36.7 Å². The van der Waals surface area contributed by atoms with Crippen LogP contribution in [0.4, 0.5) is 18.9 Å². The summed E-state index contributed by atoms with van der Waals surface area (Å²) in [5.74, 6) is -0.225. The van der Waals surface area contributed by atoms with Gasteiger partial charge in [0.2, 0.25) is 0 Å². The molecule has 2 atom stereocenters. The number of hydrogen-bond donors (Lipinski definition) is 1. The average molecular weight is 444 g/mol. The number of likely N-dealkylation sites (tertiary alicyclic amines) is 1. The smallest absolute Gasteiger partial charge is 0.396 e. The van der Waals surface area contributed by atoms with Crippen LogP contribution in [0.1, 0.15) is 33.5 Å². The lowest BCUT2D eigenvalue weighted by Gasteiger charge is -2.42. The van der Waals surface area contributed by atoms with E-state index in [1.165, 1.54) is 18.3 Å². The summed E-state index contributed by atoms with van der Waals surface area (Å²) in [6.45, 7) is 3.43. The summed E-state index contributed by atoms with van der Waals surface area (Å²) < 4.78 is 40.2. The van der Waals surface area contributed by atoms with Crippen LogP contribution >= 0.6 is 0 Å². The number of aromatic nitrogens is 1. The first-order valence-electron chi connectivity index (χ1n) is 10.3. The number of carbonyl (C=O) groups is 1. The van der Waals surface area contributed by atoms with Crippen LogP contribution in [-0.4, -0.2) is 53.7 Å². The number of aliphatic hydroxyl groups excluding tert-OH is 1. The zero-order valence-electron chi connectivity index (χ0n) is 17.6. The number of carbonyl (C=O) groups excluding carboxylic acids is 1. The Morgan fingerprint density at radius 3 is 2.75 bits per heavy atom. The molecule has 3 heterocycles. The highest BCUT2D eigenvalue weighted by Crippen LogP contribution is 2.45. The minimum Gasteiger partial charge on any atom is -0.396 e. The van der Waals surface area contributed by atoms with Gasteiger partial charge in [-0.05, 0) is 43.2 Å². The molecule has 9 heteroatoms. The van der Waals surface area contributed by atoms with E-state index in [1.807, 2.05) is 11.8 Å². The predicted octanol–water partition coefficient (Wildman–Crippen LogP) is 3.24. The molecule has 6 nitrogen and oxygen atoms in total. The molecule has 2 aliphatic rings. The summed E-state index contributed by atoms with van der Waals surface area (Å²) in [4.78, 5) is 20.6. The quantitative estimate of drug-likeness (QED) is 0.786. The second-order valence-electron chi connectivity index (χ2n) is 8.69. The van der Waals surface area contributed by atoms with Crippen molar-refractivity contribution in [2.45, 2.75) is 19.5 Å². The number of rotatable bonds is 3. The summed E-state index contributed by atoms with van der Waals surface area (Å²) in [7, 11) is 0. The van der Waals surface area contributed by atoms with Crippen molar-refractivity contribution in [2.75, 3.05) is 37.7 Å². The highest BCUT2D eigenvalue weighted by Gasteiger charge is 2.50. The van der Waals surface area contributed by atoms with Gasteiger partial charge in [-0.3, -0.25) is 9.78 Å². The predicted molar refractivity (Wildman–Crippen MR) is 111 cm³/mol. The summed E-state index contributed by atoms with van der Waals surface area (Å²) in [6.07, 6.45) is -0.879. The van der Waals surface area contributed by atoms with Crippen LogP contribution in [0.2, 0.25) is 0 Å². The zero-order chi connectivity index (χ0) is 23.1. The van der Waals surface area contributed by atoms with Crippen molar-refractivity contribution in [3.8, 4) is 6.07 Å². The molecule has 2 aromatic rings. The number of anilines is 1. The molecule has 2 unspecified atom stereocenters. The molecule has 168 valence electrons. The summed E-state index contributed by atoms with van der Waals surface area (Å²) in [6, 6.07) is 7.08. The molecule has 1 amide bonds. The number of amides is 1. The molecular weight excluding hydrogens is 421 g/mol. The van der Waals surface area contributed by atoms with Gasteiger partial charge in [0.15, 0.2) is 0 Å². The van der Waals surface area contributed by atoms with Gasteiger partial charge in [-0.25, -0.2) is 0 Å². The van der Waals surface area contributed by atoms with Crippen LogP contribution in [0.5, 0.6) is 0 Å². The Balaban J connectivity index is 1.57. The first-order valence-corrected chi connectivity index (χ1v) is 10.3. The highest BCUT2D eigenvalue weighted by atomic mass is 19.4. The number of aliphatic hydroxyl groups is 1. The third-order valence-corrected chi connectivity index (χ3v) is 6.65. The van der Waals surface area contributed by atoms with Gasteiger partial charge in [0.05, 0.1) is 29.4 Å². The molecule has 0 saturated carbocycles. The van der Waals surface area contributed by atoms with Crippen molar-refractivity contribution in [3.05, 3.63) is 58.9 Å². The van der Waals surface area contributed by atoms with Gasteiger partial charge in [-0.1, -0.05) is 0 Å². The molecule has 1 N–H and O–H groups in total. The number of piperidine rings is 1. The van der Waals surface area contributed by atoms with Gasteiger partial charge < -0.3 is 14.9 Å². The van der Waals surface area contributed by atoms with Gasteiger partial charge >= 0.3 is 6.18 Å². The Bertz CT molecular complexity index is 1080. The number of fused-ring (bicyclic) bond motifs is 1. The first kappa shape index (κ1) is 22.1. The van der Waals surface area contributed by atoms with Gasteiger partial charge in [0.1, 0.15) is 0 Å². The summed E-state index contributed by atoms with van der Waals surface area (Å²) >= 11 is 0. The van der Waals surface area contributed by atoms with E-state index >= 15 is 0 Å². The Hall–Kier alpha value is -3.12. The molecule has 0 bridgehead atoms. The number of aryl methyl sites for hydroxylation is 1. The monoisotopic (exact) mass is 444 g/mol. The van der Waals surface area contributed by atoms with Crippen LogP contribution < -0.4 is 4.90 Å². The van der Waals surface area contributed by atoms with Crippen LogP contribution in [0.3, 0.4) is 0 Å². The second-order valence-corrected chi connectivity index (χ2v) is 8.69. The minimum atomic E-state index is -4.63. The molecule has 0 aliphatic carbocycles. The van der Waals surface area contributed by atoms with E-state index in [1.54, 1.807) is 23.2 Å². The molecule has 1 aromatic heterocycles. The zero-order valence-corrected chi connectivity index (χ0v) is 17.6. The van der Waals surface area contributed by atoms with E-state index in [0.29, 0.717) is 43.9 Å². The Morgan fingerprint density at radius 1 is 1.31 bits per heavy atom. The Kier molecular flexibility index (Phi) is 5.59. The lowest BCUT2D eigenvalue weighted by Crippen LogP contribution is -2.50. The maximum Gasteiger partial charge on any atom is 0.417 e. The normalized spacial score (nSPS) is 23.1. The molecule has 2 fully saturated rings. The minimum absolute atomic E-state index is 0.0899. The van der Waals surface area contributed by atoms with Gasteiger partial charge in [-0.15, -0.1) is 0 Å². The molecule has 2 aliphatic heterocycles. The van der Waals surface area contributed by atoms with E-state index < -0.39 is 22.7 Å². The molecule has 4 rings (SSSR count). The SMILES string of the molecule is Cc1cncc(C(=O)N2CCC3(CO)CN(c4ccc(C#N)c(C(F)(F)F)c4)CC3C2)c1. The number of nitriles is 1. The highest BCUT2D eigenvalue weighted by molar-refractivity contribution is 5.94. The lowest BCUT2D eigenvalue weighted by molar-refractivity contribution is -0.137.